The van der Waals surface area contributed by atoms with Crippen molar-refractivity contribution in [2.45, 2.75) is 50.5 Å². The van der Waals surface area contributed by atoms with Gasteiger partial charge in [-0.3, -0.25) is 4.90 Å². The zero-order valence-corrected chi connectivity index (χ0v) is 14.9. The molecule has 0 bridgehead atoms. The number of benzene rings is 1. The molecule has 1 atom stereocenters. The number of nitrogens with zero attached hydrogens (tertiary/aromatic N) is 2. The minimum atomic E-state index is 0.327. The number of piperidine rings is 2. The van der Waals surface area contributed by atoms with Crippen molar-refractivity contribution >= 4 is 0 Å². The number of aliphatic hydroxyl groups is 1. The highest BCUT2D eigenvalue weighted by Crippen LogP contribution is 2.47. The zero-order valence-electron chi connectivity index (χ0n) is 14.9. The summed E-state index contributed by atoms with van der Waals surface area (Å²) in [6, 6.07) is 12.1. The smallest absolute Gasteiger partial charge is 0.0443 e. The number of rotatable bonds is 5. The summed E-state index contributed by atoms with van der Waals surface area (Å²) in [5, 5.41) is 9.07. The lowest BCUT2D eigenvalue weighted by molar-refractivity contribution is 0.00920. The predicted molar refractivity (Wildman–Crippen MR) is 98.2 cm³/mol. The molecule has 2 heterocycles. The maximum absolute atomic E-state index is 9.07. The Morgan fingerprint density at radius 3 is 2.50 bits per heavy atom. The maximum Gasteiger partial charge on any atom is 0.0443 e. The average molecular weight is 329 g/mol. The van der Waals surface area contributed by atoms with E-state index in [0.29, 0.717) is 17.9 Å². The van der Waals surface area contributed by atoms with Gasteiger partial charge < -0.3 is 10.0 Å². The van der Waals surface area contributed by atoms with Crippen LogP contribution in [0.15, 0.2) is 30.3 Å². The van der Waals surface area contributed by atoms with Crippen LogP contribution in [-0.4, -0.2) is 60.3 Å². The molecular weight excluding hydrogens is 296 g/mol. The summed E-state index contributed by atoms with van der Waals surface area (Å²) in [7, 11) is 0. The molecule has 24 heavy (non-hydrogen) atoms. The number of likely N-dealkylation sites (tertiary alicyclic amines) is 2. The van der Waals surface area contributed by atoms with Gasteiger partial charge in [0.1, 0.15) is 0 Å². The summed E-state index contributed by atoms with van der Waals surface area (Å²) >= 11 is 0. The Hall–Kier alpha value is -0.900. The molecule has 1 aromatic carbocycles. The van der Waals surface area contributed by atoms with Crippen molar-refractivity contribution in [2.24, 2.45) is 5.41 Å². The van der Waals surface area contributed by atoms with Crippen molar-refractivity contribution in [2.75, 3.05) is 39.3 Å². The van der Waals surface area contributed by atoms with Gasteiger partial charge in [0, 0.05) is 32.3 Å². The van der Waals surface area contributed by atoms with Gasteiger partial charge in [-0.1, -0.05) is 30.3 Å². The van der Waals surface area contributed by atoms with Crippen LogP contribution in [0.4, 0.5) is 0 Å². The van der Waals surface area contributed by atoms with E-state index >= 15 is 0 Å². The molecule has 0 aromatic heterocycles. The molecular formula is C21H32N2O. The molecule has 4 rings (SSSR count). The fourth-order valence-corrected chi connectivity index (χ4v) is 5.00. The van der Waals surface area contributed by atoms with Gasteiger partial charge in [-0.05, 0) is 68.5 Å². The van der Waals surface area contributed by atoms with Crippen LogP contribution < -0.4 is 0 Å². The molecule has 0 amide bonds. The SMILES string of the molecule is OCCCN1CCC2(CC1)C[C@H](c1ccccc1)CN(C1CC1)C2. The van der Waals surface area contributed by atoms with Crippen molar-refractivity contribution in [1.82, 2.24) is 9.80 Å². The van der Waals surface area contributed by atoms with Crippen molar-refractivity contribution in [3.05, 3.63) is 35.9 Å². The summed E-state index contributed by atoms with van der Waals surface area (Å²) in [4.78, 5) is 5.39. The minimum Gasteiger partial charge on any atom is -0.396 e. The molecule has 1 N–H and O–H groups in total. The Morgan fingerprint density at radius 2 is 1.83 bits per heavy atom. The van der Waals surface area contributed by atoms with Gasteiger partial charge >= 0.3 is 0 Å². The Balaban J connectivity index is 1.46. The van der Waals surface area contributed by atoms with Gasteiger partial charge in [-0.15, -0.1) is 0 Å². The van der Waals surface area contributed by atoms with Crippen molar-refractivity contribution in [3.63, 3.8) is 0 Å². The van der Waals surface area contributed by atoms with E-state index in [-0.39, 0.29) is 0 Å². The largest absolute Gasteiger partial charge is 0.396 e. The first-order valence-electron chi connectivity index (χ1n) is 9.90. The predicted octanol–water partition coefficient (Wildman–Crippen LogP) is 3.10. The second-order valence-electron chi connectivity index (χ2n) is 8.39. The first-order valence-corrected chi connectivity index (χ1v) is 9.90. The van der Waals surface area contributed by atoms with Gasteiger partial charge in [0.05, 0.1) is 0 Å². The molecule has 3 nitrogen and oxygen atoms in total. The second-order valence-corrected chi connectivity index (χ2v) is 8.39. The Morgan fingerprint density at radius 1 is 1.08 bits per heavy atom. The van der Waals surface area contributed by atoms with E-state index in [1.54, 1.807) is 5.56 Å². The number of hydrogen-bond donors (Lipinski definition) is 1. The quantitative estimate of drug-likeness (QED) is 0.900. The fraction of sp³-hybridized carbons (Fsp3) is 0.714. The van der Waals surface area contributed by atoms with Crippen LogP contribution >= 0.6 is 0 Å². The molecule has 1 aromatic rings. The lowest BCUT2D eigenvalue weighted by Gasteiger charge is -2.50. The molecule has 3 aliphatic rings. The minimum absolute atomic E-state index is 0.327. The molecule has 1 spiro atoms. The summed E-state index contributed by atoms with van der Waals surface area (Å²) in [5.74, 6) is 0.713. The van der Waals surface area contributed by atoms with E-state index in [4.69, 9.17) is 5.11 Å². The van der Waals surface area contributed by atoms with Crippen LogP contribution in [0.25, 0.3) is 0 Å². The van der Waals surface area contributed by atoms with E-state index in [0.717, 1.165) is 19.0 Å². The Labute approximate surface area is 146 Å². The first-order chi connectivity index (χ1) is 11.8. The van der Waals surface area contributed by atoms with Gasteiger partial charge in [0.2, 0.25) is 0 Å². The fourth-order valence-electron chi connectivity index (χ4n) is 5.00. The van der Waals surface area contributed by atoms with Crippen LogP contribution in [0, 0.1) is 5.41 Å². The van der Waals surface area contributed by atoms with E-state index in [1.165, 1.54) is 58.3 Å². The maximum atomic E-state index is 9.07. The molecule has 1 aliphatic carbocycles. The lowest BCUT2D eigenvalue weighted by Crippen LogP contribution is -2.52. The van der Waals surface area contributed by atoms with Gasteiger partial charge in [-0.25, -0.2) is 0 Å². The van der Waals surface area contributed by atoms with E-state index < -0.39 is 0 Å². The molecule has 2 saturated heterocycles. The van der Waals surface area contributed by atoms with Gasteiger partial charge in [-0.2, -0.15) is 0 Å². The molecule has 3 heteroatoms. The van der Waals surface area contributed by atoms with E-state index in [9.17, 15) is 0 Å². The first kappa shape index (κ1) is 16.6. The molecule has 1 saturated carbocycles. The van der Waals surface area contributed by atoms with E-state index in [2.05, 4.69) is 40.1 Å². The van der Waals surface area contributed by atoms with Crippen molar-refractivity contribution in [1.29, 1.82) is 0 Å². The topological polar surface area (TPSA) is 26.7 Å². The third-order valence-corrected chi connectivity index (χ3v) is 6.56. The third-order valence-electron chi connectivity index (χ3n) is 6.56. The Bertz CT molecular complexity index is 520. The van der Waals surface area contributed by atoms with Crippen LogP contribution in [0.2, 0.25) is 0 Å². The molecule has 0 radical (unpaired) electrons. The number of hydrogen-bond acceptors (Lipinski definition) is 3. The summed E-state index contributed by atoms with van der Waals surface area (Å²) < 4.78 is 0. The monoisotopic (exact) mass is 328 g/mol. The highest BCUT2D eigenvalue weighted by Gasteiger charge is 2.45. The lowest BCUT2D eigenvalue weighted by atomic mass is 9.68. The zero-order chi connectivity index (χ0) is 16.4. The highest BCUT2D eigenvalue weighted by atomic mass is 16.3. The highest BCUT2D eigenvalue weighted by molar-refractivity contribution is 5.22. The van der Waals surface area contributed by atoms with Crippen LogP contribution in [0.3, 0.4) is 0 Å². The van der Waals surface area contributed by atoms with Crippen LogP contribution in [0.5, 0.6) is 0 Å². The van der Waals surface area contributed by atoms with Crippen molar-refractivity contribution in [3.8, 4) is 0 Å². The van der Waals surface area contributed by atoms with Gasteiger partial charge in [0.15, 0.2) is 0 Å². The second kappa shape index (κ2) is 7.15. The normalized spacial score (nSPS) is 28.3. The van der Waals surface area contributed by atoms with Gasteiger partial charge in [0.25, 0.3) is 0 Å². The summed E-state index contributed by atoms with van der Waals surface area (Å²) in [5.41, 5.74) is 2.07. The van der Waals surface area contributed by atoms with E-state index in [1.807, 2.05) is 0 Å². The molecule has 2 aliphatic heterocycles. The molecule has 0 unspecified atom stereocenters. The summed E-state index contributed by atoms with van der Waals surface area (Å²) in [6.45, 7) is 6.44. The Kier molecular flexibility index (Phi) is 4.93. The van der Waals surface area contributed by atoms with Crippen LogP contribution in [-0.2, 0) is 0 Å². The molecule has 132 valence electrons. The van der Waals surface area contributed by atoms with Crippen LogP contribution in [0.1, 0.15) is 50.0 Å². The van der Waals surface area contributed by atoms with Crippen molar-refractivity contribution < 1.29 is 5.11 Å². The average Bonchev–Trinajstić information content (AvgIpc) is 3.47. The standard InChI is InChI=1S/C21H32N2O/c24-14-4-11-22-12-9-21(10-13-22)15-19(18-5-2-1-3-6-18)16-23(17-21)20-7-8-20/h1-3,5-6,19-20,24H,4,7-17H2/t19-/m0/s1. The number of aliphatic hydroxyl groups excluding tert-OH is 1. The molecule has 3 fully saturated rings. The summed E-state index contributed by atoms with van der Waals surface area (Å²) in [6.07, 6.45) is 7.80. The third kappa shape index (κ3) is 3.68.